The number of hydrogen-bond donors (Lipinski definition) is 1. The molecule has 4 heteroatoms. The molecule has 1 aliphatic heterocycles. The molecular formula is C16H26N2O2. The molecule has 4 nitrogen and oxygen atoms in total. The number of nitrogens with one attached hydrogen (secondary N) is 1. The zero-order chi connectivity index (χ0) is 14.4. The molecule has 0 aromatic rings. The van der Waals surface area contributed by atoms with Crippen LogP contribution in [0.4, 0.5) is 0 Å². The SMILES string of the molecule is C[C@@H](CNC(=O)C=C1CCCCC1)CN1CCCC1=O. The van der Waals surface area contributed by atoms with Crippen LogP contribution in [0, 0.1) is 5.92 Å². The molecule has 0 spiro atoms. The molecule has 1 saturated carbocycles. The molecular weight excluding hydrogens is 252 g/mol. The van der Waals surface area contributed by atoms with Gasteiger partial charge in [-0.1, -0.05) is 18.9 Å². The Labute approximate surface area is 121 Å². The Morgan fingerprint density at radius 1 is 1.25 bits per heavy atom. The van der Waals surface area contributed by atoms with Gasteiger partial charge in [0.25, 0.3) is 0 Å². The van der Waals surface area contributed by atoms with Crippen molar-refractivity contribution in [2.45, 2.75) is 51.9 Å². The summed E-state index contributed by atoms with van der Waals surface area (Å²) in [5, 5.41) is 2.97. The summed E-state index contributed by atoms with van der Waals surface area (Å²) in [6, 6.07) is 0. The number of carbonyl (C=O) groups is 2. The third-order valence-corrected chi connectivity index (χ3v) is 4.16. The second-order valence-electron chi connectivity index (χ2n) is 6.16. The third-order valence-electron chi connectivity index (χ3n) is 4.16. The number of carbonyl (C=O) groups excluding carboxylic acids is 2. The van der Waals surface area contributed by atoms with Crippen LogP contribution in [0.3, 0.4) is 0 Å². The molecule has 1 saturated heterocycles. The van der Waals surface area contributed by atoms with Crippen LogP contribution in [-0.2, 0) is 9.59 Å². The van der Waals surface area contributed by atoms with Gasteiger partial charge in [-0.25, -0.2) is 0 Å². The van der Waals surface area contributed by atoms with E-state index in [0.717, 1.165) is 32.4 Å². The molecule has 0 bridgehead atoms. The van der Waals surface area contributed by atoms with E-state index in [1.165, 1.54) is 24.8 Å². The summed E-state index contributed by atoms with van der Waals surface area (Å²) in [5.74, 6) is 0.597. The van der Waals surface area contributed by atoms with Crippen molar-refractivity contribution in [2.24, 2.45) is 5.92 Å². The van der Waals surface area contributed by atoms with Crippen LogP contribution in [0.5, 0.6) is 0 Å². The molecule has 20 heavy (non-hydrogen) atoms. The van der Waals surface area contributed by atoms with Crippen molar-refractivity contribution in [3.05, 3.63) is 11.6 Å². The Morgan fingerprint density at radius 3 is 2.65 bits per heavy atom. The van der Waals surface area contributed by atoms with Crippen molar-refractivity contribution in [3.8, 4) is 0 Å². The lowest BCUT2D eigenvalue weighted by Crippen LogP contribution is -2.35. The zero-order valence-electron chi connectivity index (χ0n) is 12.5. The quantitative estimate of drug-likeness (QED) is 0.784. The fourth-order valence-corrected chi connectivity index (χ4v) is 3.00. The van der Waals surface area contributed by atoms with Gasteiger partial charge in [-0.3, -0.25) is 9.59 Å². The summed E-state index contributed by atoms with van der Waals surface area (Å²) >= 11 is 0. The van der Waals surface area contributed by atoms with E-state index in [4.69, 9.17) is 0 Å². The van der Waals surface area contributed by atoms with E-state index in [1.54, 1.807) is 6.08 Å². The molecule has 2 rings (SSSR count). The van der Waals surface area contributed by atoms with Gasteiger partial charge in [0.05, 0.1) is 0 Å². The number of rotatable bonds is 5. The third kappa shape index (κ3) is 4.66. The summed E-state index contributed by atoms with van der Waals surface area (Å²) in [5.41, 5.74) is 1.29. The van der Waals surface area contributed by atoms with Gasteiger partial charge in [0.15, 0.2) is 0 Å². The van der Waals surface area contributed by atoms with Crippen LogP contribution in [0.25, 0.3) is 0 Å². The van der Waals surface area contributed by atoms with Crippen molar-refractivity contribution >= 4 is 11.8 Å². The highest BCUT2D eigenvalue weighted by Crippen LogP contribution is 2.22. The number of allylic oxidation sites excluding steroid dienone is 1. The Morgan fingerprint density at radius 2 is 2.00 bits per heavy atom. The van der Waals surface area contributed by atoms with Crippen LogP contribution in [0.2, 0.25) is 0 Å². The van der Waals surface area contributed by atoms with Crippen LogP contribution >= 0.6 is 0 Å². The zero-order valence-corrected chi connectivity index (χ0v) is 12.5. The molecule has 2 fully saturated rings. The van der Waals surface area contributed by atoms with Crippen molar-refractivity contribution in [1.82, 2.24) is 10.2 Å². The minimum absolute atomic E-state index is 0.0292. The molecule has 1 N–H and O–H groups in total. The van der Waals surface area contributed by atoms with Crippen molar-refractivity contribution in [2.75, 3.05) is 19.6 Å². The molecule has 0 unspecified atom stereocenters. The highest BCUT2D eigenvalue weighted by atomic mass is 16.2. The van der Waals surface area contributed by atoms with Gasteiger partial charge >= 0.3 is 0 Å². The lowest BCUT2D eigenvalue weighted by Gasteiger charge is -2.21. The molecule has 1 atom stereocenters. The molecule has 2 amide bonds. The second kappa shape index (κ2) is 7.46. The smallest absolute Gasteiger partial charge is 0.243 e. The van der Waals surface area contributed by atoms with E-state index >= 15 is 0 Å². The number of likely N-dealkylation sites (tertiary alicyclic amines) is 1. The van der Waals surface area contributed by atoms with Crippen molar-refractivity contribution in [3.63, 3.8) is 0 Å². The topological polar surface area (TPSA) is 49.4 Å². The predicted octanol–water partition coefficient (Wildman–Crippen LogP) is 2.25. The van der Waals surface area contributed by atoms with E-state index in [9.17, 15) is 9.59 Å². The van der Waals surface area contributed by atoms with E-state index in [1.807, 2.05) is 4.90 Å². The number of nitrogens with zero attached hydrogens (tertiary/aromatic N) is 1. The molecule has 2 aliphatic rings. The summed E-state index contributed by atoms with van der Waals surface area (Å²) in [4.78, 5) is 25.3. The maximum absolute atomic E-state index is 11.8. The standard InChI is InChI=1S/C16H26N2O2/c1-13(12-18-9-5-8-16(18)20)11-17-15(19)10-14-6-3-2-4-7-14/h10,13H,2-9,11-12H2,1H3,(H,17,19)/t13-/m0/s1. The average Bonchev–Trinajstić information content (AvgIpc) is 2.83. The molecule has 1 heterocycles. The molecule has 1 aliphatic carbocycles. The highest BCUT2D eigenvalue weighted by Gasteiger charge is 2.21. The van der Waals surface area contributed by atoms with Gasteiger partial charge in [0, 0.05) is 32.1 Å². The predicted molar refractivity (Wildman–Crippen MR) is 79.2 cm³/mol. The van der Waals surface area contributed by atoms with Crippen LogP contribution in [-0.4, -0.2) is 36.3 Å². The normalized spacial score (nSPS) is 20.9. The van der Waals surface area contributed by atoms with E-state index < -0.39 is 0 Å². The van der Waals surface area contributed by atoms with Gasteiger partial charge < -0.3 is 10.2 Å². The number of amides is 2. The summed E-state index contributed by atoms with van der Waals surface area (Å²) in [6.45, 7) is 4.36. The Kier molecular flexibility index (Phi) is 5.62. The minimum Gasteiger partial charge on any atom is -0.352 e. The fraction of sp³-hybridized carbons (Fsp3) is 0.750. The summed E-state index contributed by atoms with van der Waals surface area (Å²) in [7, 11) is 0. The lowest BCUT2D eigenvalue weighted by atomic mass is 9.94. The monoisotopic (exact) mass is 278 g/mol. The van der Waals surface area contributed by atoms with Gasteiger partial charge in [-0.05, 0) is 38.0 Å². The first-order valence-electron chi connectivity index (χ1n) is 7.90. The van der Waals surface area contributed by atoms with Gasteiger partial charge in [0.1, 0.15) is 0 Å². The summed E-state index contributed by atoms with van der Waals surface area (Å²) < 4.78 is 0. The van der Waals surface area contributed by atoms with E-state index in [0.29, 0.717) is 18.9 Å². The largest absolute Gasteiger partial charge is 0.352 e. The molecule has 0 aromatic carbocycles. The summed E-state index contributed by atoms with van der Waals surface area (Å²) in [6.07, 6.45) is 9.32. The van der Waals surface area contributed by atoms with Crippen molar-refractivity contribution in [1.29, 1.82) is 0 Å². The minimum atomic E-state index is 0.0292. The maximum Gasteiger partial charge on any atom is 0.243 e. The van der Waals surface area contributed by atoms with E-state index in [2.05, 4.69) is 12.2 Å². The Bertz CT molecular complexity index is 382. The van der Waals surface area contributed by atoms with Gasteiger partial charge in [-0.15, -0.1) is 0 Å². The maximum atomic E-state index is 11.8. The lowest BCUT2D eigenvalue weighted by molar-refractivity contribution is -0.128. The molecule has 0 radical (unpaired) electrons. The van der Waals surface area contributed by atoms with E-state index in [-0.39, 0.29) is 11.8 Å². The average molecular weight is 278 g/mol. The first-order chi connectivity index (χ1) is 9.65. The van der Waals surface area contributed by atoms with Crippen LogP contribution in [0.15, 0.2) is 11.6 Å². The number of hydrogen-bond acceptors (Lipinski definition) is 2. The molecule has 112 valence electrons. The van der Waals surface area contributed by atoms with Gasteiger partial charge in [-0.2, -0.15) is 0 Å². The fourth-order valence-electron chi connectivity index (χ4n) is 3.00. The van der Waals surface area contributed by atoms with Crippen LogP contribution in [0.1, 0.15) is 51.9 Å². The first kappa shape index (κ1) is 15.1. The Hall–Kier alpha value is -1.32. The second-order valence-corrected chi connectivity index (χ2v) is 6.16. The molecule has 0 aromatic heterocycles. The Balaban J connectivity index is 1.68. The highest BCUT2D eigenvalue weighted by molar-refractivity contribution is 5.88. The van der Waals surface area contributed by atoms with Crippen LogP contribution < -0.4 is 5.32 Å². The first-order valence-corrected chi connectivity index (χ1v) is 7.90. The van der Waals surface area contributed by atoms with Gasteiger partial charge in [0.2, 0.25) is 11.8 Å². The van der Waals surface area contributed by atoms with Crippen molar-refractivity contribution < 1.29 is 9.59 Å².